The summed E-state index contributed by atoms with van der Waals surface area (Å²) in [5.74, 6) is 0.370. The normalized spacial score (nSPS) is 10.7. The van der Waals surface area contributed by atoms with E-state index in [-0.39, 0.29) is 19.0 Å². The molecule has 0 saturated heterocycles. The van der Waals surface area contributed by atoms with Crippen molar-refractivity contribution < 1.29 is 18.7 Å². The fourth-order valence-electron chi connectivity index (χ4n) is 2.19. The molecule has 0 aliphatic rings. The fraction of sp³-hybridized carbons (Fsp3) is 0.176. The van der Waals surface area contributed by atoms with E-state index in [0.717, 1.165) is 16.5 Å². The molecule has 5 nitrogen and oxygen atoms in total. The quantitative estimate of drug-likeness (QED) is 0.526. The highest BCUT2D eigenvalue weighted by Gasteiger charge is 2.12. The number of pyridine rings is 1. The van der Waals surface area contributed by atoms with E-state index < -0.39 is 0 Å². The van der Waals surface area contributed by atoms with Crippen LogP contribution in [0, 0.1) is 0 Å². The summed E-state index contributed by atoms with van der Waals surface area (Å²) >= 11 is 5.71. The highest BCUT2D eigenvalue weighted by Crippen LogP contribution is 2.26. The van der Waals surface area contributed by atoms with Gasteiger partial charge in [-0.3, -0.25) is 4.79 Å². The number of ether oxygens (including phenoxy) is 2. The van der Waals surface area contributed by atoms with Crippen LogP contribution in [0.25, 0.3) is 11.0 Å². The molecule has 1 aromatic carbocycles. The number of carbonyl (C=O) groups is 1. The first-order valence-corrected chi connectivity index (χ1v) is 7.33. The molecule has 6 heteroatoms. The lowest BCUT2D eigenvalue weighted by molar-refractivity contribution is -0.144. The van der Waals surface area contributed by atoms with Gasteiger partial charge < -0.3 is 13.9 Å². The van der Waals surface area contributed by atoms with Gasteiger partial charge in [-0.1, -0.05) is 17.7 Å². The second kappa shape index (κ2) is 6.71. The third-order valence-electron chi connectivity index (χ3n) is 3.39. The third-order valence-corrected chi connectivity index (χ3v) is 3.61. The molecule has 3 aromatic rings. The fourth-order valence-corrected chi connectivity index (χ4v) is 2.30. The van der Waals surface area contributed by atoms with Gasteiger partial charge in [-0.2, -0.15) is 0 Å². The Morgan fingerprint density at radius 2 is 2.17 bits per heavy atom. The first-order chi connectivity index (χ1) is 11.2. The average molecular weight is 332 g/mol. The molecule has 118 valence electrons. The van der Waals surface area contributed by atoms with Crippen molar-refractivity contribution in [3.05, 3.63) is 59.1 Å². The zero-order valence-electron chi connectivity index (χ0n) is 12.4. The molecular weight excluding hydrogens is 318 g/mol. The van der Waals surface area contributed by atoms with E-state index in [2.05, 4.69) is 4.98 Å². The van der Waals surface area contributed by atoms with Crippen LogP contribution in [0.15, 0.2) is 47.2 Å². The maximum Gasteiger partial charge on any atom is 0.310 e. The Kier molecular flexibility index (Phi) is 4.48. The first kappa shape index (κ1) is 15.4. The third kappa shape index (κ3) is 3.63. The summed E-state index contributed by atoms with van der Waals surface area (Å²) in [5, 5.41) is 1.27. The first-order valence-electron chi connectivity index (χ1n) is 6.96. The monoisotopic (exact) mass is 331 g/mol. The summed E-state index contributed by atoms with van der Waals surface area (Å²) in [5.41, 5.74) is 2.24. The Balaban J connectivity index is 1.64. The number of hydrogen-bond acceptors (Lipinski definition) is 5. The van der Waals surface area contributed by atoms with Crippen molar-refractivity contribution in [2.75, 3.05) is 7.11 Å². The SMILES string of the molecule is COc1ccc2c(CC(=O)OCc3ccc(Cl)nc3)coc2c1. The van der Waals surface area contributed by atoms with E-state index in [4.69, 9.17) is 25.5 Å². The van der Waals surface area contributed by atoms with Gasteiger partial charge in [0.25, 0.3) is 0 Å². The van der Waals surface area contributed by atoms with Crippen LogP contribution in [-0.4, -0.2) is 18.1 Å². The Hall–Kier alpha value is -2.53. The smallest absolute Gasteiger partial charge is 0.310 e. The number of rotatable bonds is 5. The van der Waals surface area contributed by atoms with Gasteiger partial charge in [0, 0.05) is 28.8 Å². The van der Waals surface area contributed by atoms with Gasteiger partial charge in [-0.15, -0.1) is 0 Å². The van der Waals surface area contributed by atoms with E-state index in [1.54, 1.807) is 37.8 Å². The second-order valence-corrected chi connectivity index (χ2v) is 5.34. The number of halogens is 1. The van der Waals surface area contributed by atoms with Gasteiger partial charge in [0.2, 0.25) is 0 Å². The van der Waals surface area contributed by atoms with Gasteiger partial charge in [-0.05, 0) is 18.2 Å². The zero-order valence-corrected chi connectivity index (χ0v) is 13.2. The van der Waals surface area contributed by atoms with Crippen molar-refractivity contribution in [2.45, 2.75) is 13.0 Å². The van der Waals surface area contributed by atoms with Crippen LogP contribution in [0.2, 0.25) is 5.15 Å². The lowest BCUT2D eigenvalue weighted by Crippen LogP contribution is -2.07. The Morgan fingerprint density at radius 3 is 2.91 bits per heavy atom. The summed E-state index contributed by atoms with van der Waals surface area (Å²) in [6, 6.07) is 8.89. The molecule has 0 radical (unpaired) electrons. The number of aromatic nitrogens is 1. The maximum absolute atomic E-state index is 12.0. The van der Waals surface area contributed by atoms with Crippen molar-refractivity contribution in [1.82, 2.24) is 4.98 Å². The number of hydrogen-bond donors (Lipinski definition) is 0. The average Bonchev–Trinajstić information content (AvgIpc) is 2.96. The number of carbonyl (C=O) groups excluding carboxylic acids is 1. The number of methoxy groups -OCH3 is 1. The Morgan fingerprint density at radius 1 is 1.30 bits per heavy atom. The molecule has 0 N–H and O–H groups in total. The Bertz CT molecular complexity index is 826. The maximum atomic E-state index is 12.0. The lowest BCUT2D eigenvalue weighted by atomic mass is 10.1. The molecule has 0 aliphatic heterocycles. The molecule has 0 fully saturated rings. The van der Waals surface area contributed by atoms with Crippen LogP contribution < -0.4 is 4.74 Å². The molecule has 23 heavy (non-hydrogen) atoms. The van der Waals surface area contributed by atoms with Crippen LogP contribution in [0.4, 0.5) is 0 Å². The highest BCUT2D eigenvalue weighted by molar-refractivity contribution is 6.29. The molecule has 3 rings (SSSR count). The van der Waals surface area contributed by atoms with Crippen LogP contribution in [0.5, 0.6) is 5.75 Å². The van der Waals surface area contributed by atoms with Crippen LogP contribution in [0.1, 0.15) is 11.1 Å². The molecule has 0 atom stereocenters. The predicted octanol–water partition coefficient (Wildman–Crippen LogP) is 3.78. The number of benzene rings is 1. The number of esters is 1. The van der Waals surface area contributed by atoms with E-state index >= 15 is 0 Å². The van der Waals surface area contributed by atoms with Gasteiger partial charge in [0.05, 0.1) is 19.8 Å². The second-order valence-electron chi connectivity index (χ2n) is 4.95. The standard InChI is InChI=1S/C17H14ClNO4/c1-21-13-3-4-14-12(10-22-15(14)7-13)6-17(20)23-9-11-2-5-16(18)19-8-11/h2-5,7-8,10H,6,9H2,1H3. The summed E-state index contributed by atoms with van der Waals surface area (Å²) in [7, 11) is 1.59. The topological polar surface area (TPSA) is 61.6 Å². The van der Waals surface area contributed by atoms with Crippen LogP contribution in [-0.2, 0) is 22.6 Å². The minimum Gasteiger partial charge on any atom is -0.497 e. The molecule has 0 spiro atoms. The minimum atomic E-state index is -0.335. The van der Waals surface area contributed by atoms with Crippen molar-refractivity contribution in [2.24, 2.45) is 0 Å². The molecule has 0 saturated carbocycles. The van der Waals surface area contributed by atoms with Crippen molar-refractivity contribution >= 4 is 28.5 Å². The van der Waals surface area contributed by atoms with Gasteiger partial charge in [0.15, 0.2) is 0 Å². The molecule has 0 amide bonds. The van der Waals surface area contributed by atoms with Crippen molar-refractivity contribution in [3.63, 3.8) is 0 Å². The van der Waals surface area contributed by atoms with Gasteiger partial charge in [0.1, 0.15) is 23.1 Å². The summed E-state index contributed by atoms with van der Waals surface area (Å²) in [6.07, 6.45) is 3.28. The Labute approximate surface area is 137 Å². The molecule has 2 heterocycles. The van der Waals surface area contributed by atoms with E-state index in [9.17, 15) is 4.79 Å². The molecule has 0 unspecified atom stereocenters. The van der Waals surface area contributed by atoms with E-state index in [1.807, 2.05) is 12.1 Å². The number of nitrogens with zero attached hydrogens (tertiary/aromatic N) is 1. The molecule has 2 aromatic heterocycles. The van der Waals surface area contributed by atoms with Crippen LogP contribution in [0.3, 0.4) is 0 Å². The van der Waals surface area contributed by atoms with Crippen molar-refractivity contribution in [3.8, 4) is 5.75 Å². The largest absolute Gasteiger partial charge is 0.497 e. The highest BCUT2D eigenvalue weighted by atomic mass is 35.5. The summed E-state index contributed by atoms with van der Waals surface area (Å²) < 4.78 is 15.8. The molecule has 0 bridgehead atoms. The minimum absolute atomic E-state index is 0.139. The van der Waals surface area contributed by atoms with Crippen molar-refractivity contribution in [1.29, 1.82) is 0 Å². The summed E-state index contributed by atoms with van der Waals surface area (Å²) in [6.45, 7) is 0.159. The lowest BCUT2D eigenvalue weighted by Gasteiger charge is -2.04. The molecular formula is C17H14ClNO4. The van der Waals surface area contributed by atoms with Gasteiger partial charge >= 0.3 is 5.97 Å². The predicted molar refractivity (Wildman–Crippen MR) is 85.5 cm³/mol. The van der Waals surface area contributed by atoms with Crippen LogP contribution >= 0.6 is 11.6 Å². The molecule has 0 aliphatic carbocycles. The van der Waals surface area contributed by atoms with Gasteiger partial charge in [-0.25, -0.2) is 4.98 Å². The van der Waals surface area contributed by atoms with E-state index in [1.165, 1.54) is 0 Å². The number of furan rings is 1. The zero-order chi connectivity index (χ0) is 16.2. The van der Waals surface area contributed by atoms with E-state index in [0.29, 0.717) is 16.5 Å². The number of fused-ring (bicyclic) bond motifs is 1. The summed E-state index contributed by atoms with van der Waals surface area (Å²) in [4.78, 5) is 15.9.